The van der Waals surface area contributed by atoms with Crippen LogP contribution in [-0.2, 0) is 23.9 Å². The third-order valence-corrected chi connectivity index (χ3v) is 5.19. The van der Waals surface area contributed by atoms with Crippen LogP contribution >= 0.6 is 0 Å². The van der Waals surface area contributed by atoms with Gasteiger partial charge in [-0.1, -0.05) is 6.07 Å². The highest BCUT2D eigenvalue weighted by Gasteiger charge is 2.31. The van der Waals surface area contributed by atoms with E-state index in [0.717, 1.165) is 39.6 Å². The number of benzene rings is 2. The molecule has 0 aromatic heterocycles. The van der Waals surface area contributed by atoms with Gasteiger partial charge in [0, 0.05) is 18.8 Å². The van der Waals surface area contributed by atoms with Crippen LogP contribution in [0.1, 0.15) is 46.4 Å². The molecule has 2 N–H and O–H groups in total. The van der Waals surface area contributed by atoms with Gasteiger partial charge in [-0.2, -0.15) is 13.2 Å². The van der Waals surface area contributed by atoms with Crippen LogP contribution in [0.4, 0.5) is 23.7 Å². The summed E-state index contributed by atoms with van der Waals surface area (Å²) in [6, 6.07) is 8.00. The molecule has 2 aromatic rings. The zero-order chi connectivity index (χ0) is 20.6. The quantitative estimate of drug-likeness (QED) is 0.796. The highest BCUT2D eigenvalue weighted by Crippen LogP contribution is 2.34. The SMILES string of the molecule is Cc1cc(N2CCc3cc(C(F)(F)F)ccc3C2)cc(C)c1C(C)OC(N)=O. The number of anilines is 1. The van der Waals surface area contributed by atoms with E-state index in [1.807, 2.05) is 26.0 Å². The number of hydrogen-bond donors (Lipinski definition) is 1. The second-order valence-electron chi connectivity index (χ2n) is 7.23. The largest absolute Gasteiger partial charge is 0.442 e. The molecule has 0 radical (unpaired) electrons. The Morgan fingerprint density at radius 2 is 1.79 bits per heavy atom. The Balaban J connectivity index is 1.85. The van der Waals surface area contributed by atoms with Crippen molar-refractivity contribution in [1.29, 1.82) is 0 Å². The van der Waals surface area contributed by atoms with Gasteiger partial charge < -0.3 is 15.4 Å². The van der Waals surface area contributed by atoms with Gasteiger partial charge in [0.1, 0.15) is 6.10 Å². The molecule has 2 aromatic carbocycles. The van der Waals surface area contributed by atoms with E-state index in [-0.39, 0.29) is 0 Å². The highest BCUT2D eigenvalue weighted by atomic mass is 19.4. The normalized spacial score (nSPS) is 15.1. The highest BCUT2D eigenvalue weighted by molar-refractivity contribution is 5.65. The number of nitrogens with two attached hydrogens (primary N) is 1. The van der Waals surface area contributed by atoms with Crippen LogP contribution in [0, 0.1) is 13.8 Å². The maximum absolute atomic E-state index is 12.9. The van der Waals surface area contributed by atoms with Gasteiger partial charge in [-0.25, -0.2) is 4.79 Å². The second-order valence-corrected chi connectivity index (χ2v) is 7.23. The van der Waals surface area contributed by atoms with E-state index in [1.54, 1.807) is 13.0 Å². The molecule has 0 spiro atoms. The summed E-state index contributed by atoms with van der Waals surface area (Å²) in [6.45, 7) is 6.86. The zero-order valence-electron chi connectivity index (χ0n) is 16.1. The smallest absolute Gasteiger partial charge is 0.416 e. The summed E-state index contributed by atoms with van der Waals surface area (Å²) in [5.74, 6) is 0. The first-order chi connectivity index (χ1) is 13.1. The number of carbonyl (C=O) groups excluding carboxylic acids is 1. The Bertz CT molecular complexity index is 886. The summed E-state index contributed by atoms with van der Waals surface area (Å²) in [4.78, 5) is 13.2. The lowest BCUT2D eigenvalue weighted by atomic mass is 9.94. The molecule has 0 bridgehead atoms. The number of aryl methyl sites for hydroxylation is 2. The van der Waals surface area contributed by atoms with Crippen LogP contribution in [0.25, 0.3) is 0 Å². The average molecular weight is 392 g/mol. The molecule has 1 atom stereocenters. The van der Waals surface area contributed by atoms with Gasteiger partial charge in [0.2, 0.25) is 0 Å². The molecule has 0 saturated heterocycles. The molecule has 4 nitrogen and oxygen atoms in total. The first kappa shape index (κ1) is 20.0. The molecule has 1 amide bonds. The van der Waals surface area contributed by atoms with E-state index in [4.69, 9.17) is 10.5 Å². The predicted molar refractivity (Wildman–Crippen MR) is 101 cm³/mol. The number of halogens is 3. The number of hydrogen-bond acceptors (Lipinski definition) is 3. The predicted octanol–water partition coefficient (Wildman–Crippen LogP) is 5.04. The molecule has 28 heavy (non-hydrogen) atoms. The topological polar surface area (TPSA) is 55.6 Å². The van der Waals surface area contributed by atoms with E-state index in [0.29, 0.717) is 19.5 Å². The molecule has 150 valence electrons. The minimum atomic E-state index is -4.32. The van der Waals surface area contributed by atoms with Crippen molar-refractivity contribution in [2.24, 2.45) is 5.73 Å². The fraction of sp³-hybridized carbons (Fsp3) is 0.381. The Morgan fingerprint density at radius 1 is 1.14 bits per heavy atom. The lowest BCUT2D eigenvalue weighted by molar-refractivity contribution is -0.137. The third-order valence-electron chi connectivity index (χ3n) is 5.19. The minimum absolute atomic E-state index is 0.450. The van der Waals surface area contributed by atoms with E-state index >= 15 is 0 Å². The Labute approximate surface area is 162 Å². The zero-order valence-corrected chi connectivity index (χ0v) is 16.1. The summed E-state index contributed by atoms with van der Waals surface area (Å²) in [5, 5.41) is 0. The van der Waals surface area contributed by atoms with Gasteiger partial charge in [0.25, 0.3) is 0 Å². The Kier molecular flexibility index (Phi) is 5.28. The summed E-state index contributed by atoms with van der Waals surface area (Å²) in [5.41, 5.74) is 10.0. The number of rotatable bonds is 3. The monoisotopic (exact) mass is 392 g/mol. The van der Waals surface area contributed by atoms with Gasteiger partial charge in [0.05, 0.1) is 5.56 Å². The second kappa shape index (κ2) is 7.37. The number of primary amides is 1. The van der Waals surface area contributed by atoms with Crippen LogP contribution in [0.5, 0.6) is 0 Å². The van der Waals surface area contributed by atoms with Gasteiger partial charge in [0.15, 0.2) is 0 Å². The van der Waals surface area contributed by atoms with Gasteiger partial charge in [-0.15, -0.1) is 0 Å². The van der Waals surface area contributed by atoms with Gasteiger partial charge in [-0.05, 0) is 79.3 Å². The van der Waals surface area contributed by atoms with Crippen LogP contribution in [0.15, 0.2) is 30.3 Å². The molecular formula is C21H23F3N2O2. The maximum atomic E-state index is 12.9. The van der Waals surface area contributed by atoms with Crippen molar-refractivity contribution in [3.63, 3.8) is 0 Å². The minimum Gasteiger partial charge on any atom is -0.442 e. The molecule has 1 aliphatic rings. The molecule has 3 rings (SSSR count). The van der Waals surface area contributed by atoms with Gasteiger partial charge in [-0.3, -0.25) is 0 Å². The summed E-state index contributed by atoms with van der Waals surface area (Å²) in [7, 11) is 0. The summed E-state index contributed by atoms with van der Waals surface area (Å²) in [6.07, 6.45) is -5.03. The average Bonchev–Trinajstić information content (AvgIpc) is 2.58. The third kappa shape index (κ3) is 4.08. The van der Waals surface area contributed by atoms with Crippen molar-refractivity contribution < 1.29 is 22.7 Å². The molecule has 7 heteroatoms. The van der Waals surface area contributed by atoms with Crippen LogP contribution in [0.2, 0.25) is 0 Å². The van der Waals surface area contributed by atoms with E-state index in [9.17, 15) is 18.0 Å². The van der Waals surface area contributed by atoms with Crippen LogP contribution in [-0.4, -0.2) is 12.6 Å². The van der Waals surface area contributed by atoms with E-state index < -0.39 is 23.9 Å². The van der Waals surface area contributed by atoms with Crippen LogP contribution < -0.4 is 10.6 Å². The maximum Gasteiger partial charge on any atom is 0.416 e. The number of fused-ring (bicyclic) bond motifs is 1. The Hall–Kier alpha value is -2.70. The molecule has 1 unspecified atom stereocenters. The lowest BCUT2D eigenvalue weighted by Gasteiger charge is -2.32. The van der Waals surface area contributed by atoms with Crippen molar-refractivity contribution >= 4 is 11.8 Å². The molecule has 0 saturated carbocycles. The van der Waals surface area contributed by atoms with Crippen molar-refractivity contribution in [3.05, 3.63) is 63.7 Å². The first-order valence-electron chi connectivity index (χ1n) is 9.07. The fourth-order valence-electron chi connectivity index (χ4n) is 3.96. The molecule has 0 aliphatic carbocycles. The van der Waals surface area contributed by atoms with Crippen molar-refractivity contribution in [1.82, 2.24) is 0 Å². The first-order valence-corrected chi connectivity index (χ1v) is 9.07. The number of nitrogens with zero attached hydrogens (tertiary/aromatic N) is 1. The molecule has 1 heterocycles. The van der Waals surface area contributed by atoms with Crippen molar-refractivity contribution in [3.8, 4) is 0 Å². The summed E-state index contributed by atoms with van der Waals surface area (Å²) >= 11 is 0. The molecule has 1 aliphatic heterocycles. The Morgan fingerprint density at radius 3 is 2.36 bits per heavy atom. The molecular weight excluding hydrogens is 369 g/mol. The lowest BCUT2D eigenvalue weighted by Crippen LogP contribution is -2.31. The van der Waals surface area contributed by atoms with Crippen LogP contribution in [0.3, 0.4) is 0 Å². The molecule has 0 fully saturated rings. The number of ether oxygens (including phenoxy) is 1. The van der Waals surface area contributed by atoms with Gasteiger partial charge >= 0.3 is 12.3 Å². The van der Waals surface area contributed by atoms with E-state index in [2.05, 4.69) is 4.90 Å². The standard InChI is InChI=1S/C21H23F3N2O2/c1-12-8-18(9-13(2)19(12)14(3)28-20(25)27)26-7-6-15-10-17(21(22,23)24)5-4-16(15)11-26/h4-5,8-10,14H,6-7,11H2,1-3H3,(H2,25,27). The number of carbonyl (C=O) groups is 1. The van der Waals surface area contributed by atoms with Crippen molar-refractivity contribution in [2.45, 2.75) is 46.0 Å². The fourth-order valence-corrected chi connectivity index (χ4v) is 3.96. The van der Waals surface area contributed by atoms with Crippen molar-refractivity contribution in [2.75, 3.05) is 11.4 Å². The summed E-state index contributed by atoms with van der Waals surface area (Å²) < 4.78 is 43.9. The number of alkyl halides is 3. The number of amides is 1. The van der Waals surface area contributed by atoms with E-state index in [1.165, 1.54) is 6.07 Å².